The number of hydrogen-bond donors (Lipinski definition) is 1. The minimum Gasteiger partial charge on any atom is -0.325 e. The Labute approximate surface area is 102 Å². The SMILES string of the molecule is NCc1cc(CN2CCS(=O)(=O)CC2)ccn1. The monoisotopic (exact) mass is 255 g/mol. The summed E-state index contributed by atoms with van der Waals surface area (Å²) in [7, 11) is -2.79. The molecule has 0 atom stereocenters. The highest BCUT2D eigenvalue weighted by Crippen LogP contribution is 2.10. The highest BCUT2D eigenvalue weighted by Gasteiger charge is 2.21. The fraction of sp³-hybridized carbons (Fsp3) is 0.545. The summed E-state index contributed by atoms with van der Waals surface area (Å²) in [5.74, 6) is 0.531. The molecule has 1 aromatic heterocycles. The molecule has 1 saturated heterocycles. The largest absolute Gasteiger partial charge is 0.325 e. The molecule has 1 aliphatic rings. The van der Waals surface area contributed by atoms with Crippen LogP contribution in [0.1, 0.15) is 11.3 Å². The zero-order valence-electron chi connectivity index (χ0n) is 9.67. The second kappa shape index (κ2) is 5.12. The van der Waals surface area contributed by atoms with Gasteiger partial charge in [-0.2, -0.15) is 0 Å². The van der Waals surface area contributed by atoms with E-state index in [9.17, 15) is 8.42 Å². The molecule has 2 heterocycles. The average Bonchev–Trinajstić information content (AvgIpc) is 2.32. The first-order valence-electron chi connectivity index (χ1n) is 5.66. The smallest absolute Gasteiger partial charge is 0.152 e. The van der Waals surface area contributed by atoms with Crippen LogP contribution in [0.15, 0.2) is 18.3 Å². The van der Waals surface area contributed by atoms with Gasteiger partial charge in [-0.1, -0.05) is 0 Å². The predicted molar refractivity (Wildman–Crippen MR) is 66.1 cm³/mol. The quantitative estimate of drug-likeness (QED) is 0.807. The van der Waals surface area contributed by atoms with Crippen molar-refractivity contribution in [2.45, 2.75) is 13.1 Å². The predicted octanol–water partition coefficient (Wildman–Crippen LogP) is -0.229. The van der Waals surface area contributed by atoms with Gasteiger partial charge in [0.05, 0.1) is 17.2 Å². The van der Waals surface area contributed by atoms with Crippen LogP contribution >= 0.6 is 0 Å². The van der Waals surface area contributed by atoms with Crippen LogP contribution in [-0.4, -0.2) is 42.9 Å². The lowest BCUT2D eigenvalue weighted by atomic mass is 10.2. The highest BCUT2D eigenvalue weighted by atomic mass is 32.2. The minimum absolute atomic E-state index is 0.266. The molecular weight excluding hydrogens is 238 g/mol. The van der Waals surface area contributed by atoms with Gasteiger partial charge < -0.3 is 5.73 Å². The zero-order valence-corrected chi connectivity index (χ0v) is 10.5. The van der Waals surface area contributed by atoms with E-state index in [4.69, 9.17) is 5.73 Å². The molecule has 0 aliphatic carbocycles. The van der Waals surface area contributed by atoms with E-state index < -0.39 is 9.84 Å². The normalized spacial score (nSPS) is 20.3. The highest BCUT2D eigenvalue weighted by molar-refractivity contribution is 7.91. The van der Waals surface area contributed by atoms with Gasteiger partial charge in [0.2, 0.25) is 0 Å². The maximum atomic E-state index is 11.3. The lowest BCUT2D eigenvalue weighted by Gasteiger charge is -2.26. The second-order valence-electron chi connectivity index (χ2n) is 4.29. The van der Waals surface area contributed by atoms with E-state index in [1.54, 1.807) is 6.20 Å². The van der Waals surface area contributed by atoms with E-state index in [2.05, 4.69) is 9.88 Å². The third-order valence-corrected chi connectivity index (χ3v) is 4.54. The third kappa shape index (κ3) is 3.49. The number of pyridine rings is 1. The lowest BCUT2D eigenvalue weighted by Crippen LogP contribution is -2.39. The summed E-state index contributed by atoms with van der Waals surface area (Å²) in [6.45, 7) is 2.43. The molecule has 0 amide bonds. The van der Waals surface area contributed by atoms with Gasteiger partial charge in [0.25, 0.3) is 0 Å². The number of aromatic nitrogens is 1. The summed E-state index contributed by atoms with van der Waals surface area (Å²) in [6, 6.07) is 3.92. The molecule has 1 aliphatic heterocycles. The molecule has 0 unspecified atom stereocenters. The standard InChI is InChI=1S/C11H17N3O2S/c12-8-11-7-10(1-2-13-11)9-14-3-5-17(15,16)6-4-14/h1-2,7H,3-6,8-9,12H2. The average molecular weight is 255 g/mol. The van der Waals surface area contributed by atoms with Crippen molar-refractivity contribution in [1.82, 2.24) is 9.88 Å². The fourth-order valence-electron chi connectivity index (χ4n) is 1.90. The summed E-state index contributed by atoms with van der Waals surface area (Å²) < 4.78 is 22.6. The van der Waals surface area contributed by atoms with Crippen LogP contribution in [0.4, 0.5) is 0 Å². The number of nitrogens with two attached hydrogens (primary N) is 1. The van der Waals surface area contributed by atoms with E-state index in [-0.39, 0.29) is 11.5 Å². The van der Waals surface area contributed by atoms with E-state index in [0.717, 1.165) is 17.8 Å². The summed E-state index contributed by atoms with van der Waals surface area (Å²) >= 11 is 0. The fourth-order valence-corrected chi connectivity index (χ4v) is 3.18. The van der Waals surface area contributed by atoms with Crippen LogP contribution in [-0.2, 0) is 22.9 Å². The molecule has 1 aromatic rings. The maximum Gasteiger partial charge on any atom is 0.152 e. The van der Waals surface area contributed by atoms with E-state index in [1.807, 2.05) is 12.1 Å². The number of hydrogen-bond acceptors (Lipinski definition) is 5. The second-order valence-corrected chi connectivity index (χ2v) is 6.59. The molecule has 0 radical (unpaired) electrons. The summed E-state index contributed by atoms with van der Waals surface area (Å²) in [5.41, 5.74) is 7.54. The van der Waals surface area contributed by atoms with Gasteiger partial charge in [-0.3, -0.25) is 9.88 Å². The molecule has 0 spiro atoms. The van der Waals surface area contributed by atoms with Gasteiger partial charge in [0.1, 0.15) is 0 Å². The Hall–Kier alpha value is -0.980. The Morgan fingerprint density at radius 1 is 1.35 bits per heavy atom. The summed E-state index contributed by atoms with van der Waals surface area (Å²) in [5, 5.41) is 0. The molecule has 17 heavy (non-hydrogen) atoms. The van der Waals surface area contributed by atoms with E-state index in [0.29, 0.717) is 19.6 Å². The number of rotatable bonds is 3. The topological polar surface area (TPSA) is 76.3 Å². The first-order valence-corrected chi connectivity index (χ1v) is 7.48. The van der Waals surface area contributed by atoms with Crippen LogP contribution in [0.3, 0.4) is 0 Å². The Bertz CT molecular complexity index is 473. The summed E-state index contributed by atoms with van der Waals surface area (Å²) in [4.78, 5) is 6.28. The van der Waals surface area contributed by atoms with Gasteiger partial charge in [-0.15, -0.1) is 0 Å². The molecule has 0 bridgehead atoms. The van der Waals surface area contributed by atoms with Crippen molar-refractivity contribution in [3.8, 4) is 0 Å². The molecular formula is C11H17N3O2S. The van der Waals surface area contributed by atoms with Crippen molar-refractivity contribution in [2.75, 3.05) is 24.6 Å². The lowest BCUT2D eigenvalue weighted by molar-refractivity contribution is 0.287. The zero-order chi connectivity index (χ0) is 12.3. The molecule has 5 nitrogen and oxygen atoms in total. The summed E-state index contributed by atoms with van der Waals surface area (Å²) in [6.07, 6.45) is 1.75. The Balaban J connectivity index is 1.97. The van der Waals surface area contributed by atoms with Gasteiger partial charge in [0, 0.05) is 32.4 Å². The Morgan fingerprint density at radius 3 is 2.71 bits per heavy atom. The Morgan fingerprint density at radius 2 is 2.06 bits per heavy atom. The van der Waals surface area contributed by atoms with Crippen LogP contribution in [0.25, 0.3) is 0 Å². The van der Waals surface area contributed by atoms with Crippen molar-refractivity contribution in [3.05, 3.63) is 29.6 Å². The first-order chi connectivity index (χ1) is 8.09. The number of sulfone groups is 1. The number of nitrogens with zero attached hydrogens (tertiary/aromatic N) is 2. The van der Waals surface area contributed by atoms with Crippen molar-refractivity contribution < 1.29 is 8.42 Å². The molecule has 2 N–H and O–H groups in total. The van der Waals surface area contributed by atoms with Crippen molar-refractivity contribution in [1.29, 1.82) is 0 Å². The molecule has 0 saturated carbocycles. The van der Waals surface area contributed by atoms with Crippen molar-refractivity contribution in [2.24, 2.45) is 5.73 Å². The van der Waals surface area contributed by atoms with E-state index in [1.165, 1.54) is 0 Å². The van der Waals surface area contributed by atoms with Crippen LogP contribution in [0, 0.1) is 0 Å². The van der Waals surface area contributed by atoms with Crippen LogP contribution in [0.2, 0.25) is 0 Å². The van der Waals surface area contributed by atoms with Gasteiger partial charge in [-0.05, 0) is 17.7 Å². The maximum absolute atomic E-state index is 11.3. The van der Waals surface area contributed by atoms with Crippen LogP contribution in [0.5, 0.6) is 0 Å². The molecule has 0 aromatic carbocycles. The van der Waals surface area contributed by atoms with Gasteiger partial charge >= 0.3 is 0 Å². The van der Waals surface area contributed by atoms with Gasteiger partial charge in [-0.25, -0.2) is 8.42 Å². The van der Waals surface area contributed by atoms with Gasteiger partial charge in [0.15, 0.2) is 9.84 Å². The first kappa shape index (κ1) is 12.5. The molecule has 6 heteroatoms. The molecule has 1 fully saturated rings. The third-order valence-electron chi connectivity index (χ3n) is 2.93. The van der Waals surface area contributed by atoms with Crippen molar-refractivity contribution in [3.63, 3.8) is 0 Å². The minimum atomic E-state index is -2.79. The van der Waals surface area contributed by atoms with E-state index >= 15 is 0 Å². The molecule has 94 valence electrons. The molecule has 2 rings (SSSR count). The Kier molecular flexibility index (Phi) is 3.76. The van der Waals surface area contributed by atoms with Crippen molar-refractivity contribution >= 4 is 9.84 Å². The van der Waals surface area contributed by atoms with Crippen LogP contribution < -0.4 is 5.73 Å².